The minimum absolute atomic E-state index is 0.176. The van der Waals surface area contributed by atoms with Crippen LogP contribution in [0.2, 0.25) is 0 Å². The van der Waals surface area contributed by atoms with E-state index in [1.165, 1.54) is 43.6 Å². The summed E-state index contributed by atoms with van der Waals surface area (Å²) in [6, 6.07) is 7.22. The van der Waals surface area contributed by atoms with E-state index in [-0.39, 0.29) is 5.82 Å². The van der Waals surface area contributed by atoms with Crippen molar-refractivity contribution in [1.82, 2.24) is 4.90 Å². The van der Waals surface area contributed by atoms with E-state index in [2.05, 4.69) is 4.90 Å². The fourth-order valence-electron chi connectivity index (χ4n) is 2.67. The van der Waals surface area contributed by atoms with Crippen molar-refractivity contribution >= 4 is 0 Å². The molecule has 0 saturated carbocycles. The molecule has 0 amide bonds. The Morgan fingerprint density at radius 1 is 1.28 bits per heavy atom. The smallest absolute Gasteiger partial charge is 0.123 e. The SMILES string of the molecule is O[CH]CC1CCCCN1CCc1ccc(F)cc1. The van der Waals surface area contributed by atoms with Crippen LogP contribution in [0.1, 0.15) is 31.2 Å². The topological polar surface area (TPSA) is 23.5 Å². The molecule has 1 aromatic carbocycles. The molecule has 2 nitrogen and oxygen atoms in total. The van der Waals surface area contributed by atoms with Gasteiger partial charge in [0, 0.05) is 12.6 Å². The molecule has 1 radical (unpaired) electrons. The molecule has 3 heteroatoms. The molecule has 1 N–H and O–H groups in total. The number of halogens is 1. The van der Waals surface area contributed by atoms with E-state index in [1.54, 1.807) is 0 Å². The fourth-order valence-corrected chi connectivity index (χ4v) is 2.67. The summed E-state index contributed by atoms with van der Waals surface area (Å²) in [6.07, 6.45) is 5.36. The quantitative estimate of drug-likeness (QED) is 0.867. The lowest BCUT2D eigenvalue weighted by Gasteiger charge is -2.35. The second kappa shape index (κ2) is 6.86. The van der Waals surface area contributed by atoms with Crippen LogP contribution in [0.5, 0.6) is 0 Å². The third-order valence-electron chi connectivity index (χ3n) is 3.73. The first kappa shape index (κ1) is 13.5. The number of hydrogen-bond donors (Lipinski definition) is 1. The second-order valence-corrected chi connectivity index (χ2v) is 4.98. The molecule has 1 heterocycles. The number of nitrogens with zero attached hydrogens (tertiary/aromatic N) is 1. The molecule has 1 saturated heterocycles. The molecule has 1 atom stereocenters. The second-order valence-electron chi connectivity index (χ2n) is 4.98. The zero-order valence-corrected chi connectivity index (χ0v) is 10.7. The Labute approximate surface area is 108 Å². The van der Waals surface area contributed by atoms with Gasteiger partial charge in [0.25, 0.3) is 0 Å². The molecule has 0 spiro atoms. The third kappa shape index (κ3) is 3.79. The minimum atomic E-state index is -0.176. The monoisotopic (exact) mass is 250 g/mol. The lowest BCUT2D eigenvalue weighted by atomic mass is 9.99. The van der Waals surface area contributed by atoms with Crippen molar-refractivity contribution in [3.05, 3.63) is 42.3 Å². The van der Waals surface area contributed by atoms with Crippen molar-refractivity contribution in [3.8, 4) is 0 Å². The number of aliphatic hydroxyl groups is 1. The van der Waals surface area contributed by atoms with Gasteiger partial charge in [0.2, 0.25) is 0 Å². The number of aliphatic hydroxyl groups excluding tert-OH is 1. The van der Waals surface area contributed by atoms with Gasteiger partial charge in [-0.25, -0.2) is 4.39 Å². The molecular weight excluding hydrogens is 229 g/mol. The standard InChI is InChI=1S/C15H21FNO/c16-14-6-4-13(5-7-14)8-11-17-10-2-1-3-15(17)9-12-18/h4-7,12,15,18H,1-3,8-11H2. The number of likely N-dealkylation sites (tertiary alicyclic amines) is 1. The first-order valence-corrected chi connectivity index (χ1v) is 6.74. The van der Waals surface area contributed by atoms with Crippen LogP contribution in [0.15, 0.2) is 24.3 Å². The van der Waals surface area contributed by atoms with E-state index in [9.17, 15) is 4.39 Å². The summed E-state index contributed by atoms with van der Waals surface area (Å²) in [6.45, 7) is 3.38. The van der Waals surface area contributed by atoms with Crippen molar-refractivity contribution in [2.24, 2.45) is 0 Å². The summed E-state index contributed by atoms with van der Waals surface area (Å²) < 4.78 is 12.8. The molecule has 0 aliphatic carbocycles. The van der Waals surface area contributed by atoms with Gasteiger partial charge >= 0.3 is 0 Å². The lowest BCUT2D eigenvalue weighted by Crippen LogP contribution is -2.40. The van der Waals surface area contributed by atoms with Crippen LogP contribution in [0.4, 0.5) is 4.39 Å². The summed E-state index contributed by atoms with van der Waals surface area (Å²) in [5.41, 5.74) is 1.17. The van der Waals surface area contributed by atoms with E-state index < -0.39 is 0 Å². The van der Waals surface area contributed by atoms with Crippen LogP contribution < -0.4 is 0 Å². The fraction of sp³-hybridized carbons (Fsp3) is 0.533. The average Bonchev–Trinajstić information content (AvgIpc) is 2.40. The molecule has 1 aliphatic rings. The molecule has 1 aliphatic heterocycles. The molecule has 0 aromatic heterocycles. The van der Waals surface area contributed by atoms with Crippen LogP contribution in [-0.4, -0.2) is 29.1 Å². The van der Waals surface area contributed by atoms with Gasteiger partial charge in [-0.15, -0.1) is 0 Å². The maximum absolute atomic E-state index is 12.8. The summed E-state index contributed by atoms with van der Waals surface area (Å²) in [5, 5.41) is 8.96. The molecule has 0 bridgehead atoms. The average molecular weight is 250 g/mol. The van der Waals surface area contributed by atoms with Gasteiger partial charge in [0.1, 0.15) is 5.82 Å². The van der Waals surface area contributed by atoms with Crippen LogP contribution in [0, 0.1) is 12.4 Å². The summed E-state index contributed by atoms with van der Waals surface area (Å²) in [4.78, 5) is 2.44. The van der Waals surface area contributed by atoms with Gasteiger partial charge in [-0.05, 0) is 49.9 Å². The van der Waals surface area contributed by atoms with E-state index >= 15 is 0 Å². The van der Waals surface area contributed by atoms with Crippen LogP contribution in [-0.2, 0) is 6.42 Å². The molecule has 2 rings (SSSR count). The Hall–Kier alpha value is -0.930. The number of rotatable bonds is 5. The third-order valence-corrected chi connectivity index (χ3v) is 3.73. The Bertz CT molecular complexity index is 350. The Morgan fingerprint density at radius 3 is 2.78 bits per heavy atom. The van der Waals surface area contributed by atoms with Gasteiger partial charge in [-0.1, -0.05) is 18.6 Å². The Balaban J connectivity index is 1.85. The molecule has 1 fully saturated rings. The predicted molar refractivity (Wildman–Crippen MR) is 70.2 cm³/mol. The zero-order chi connectivity index (χ0) is 12.8. The lowest BCUT2D eigenvalue weighted by molar-refractivity contribution is 0.136. The van der Waals surface area contributed by atoms with E-state index in [4.69, 9.17) is 5.11 Å². The van der Waals surface area contributed by atoms with Crippen LogP contribution in [0.3, 0.4) is 0 Å². The van der Waals surface area contributed by atoms with Crippen molar-refractivity contribution in [2.45, 2.75) is 38.1 Å². The maximum Gasteiger partial charge on any atom is 0.123 e. The first-order chi connectivity index (χ1) is 8.79. The van der Waals surface area contributed by atoms with Crippen molar-refractivity contribution in [1.29, 1.82) is 0 Å². The van der Waals surface area contributed by atoms with Crippen molar-refractivity contribution in [3.63, 3.8) is 0 Å². The largest absolute Gasteiger partial charge is 0.390 e. The highest BCUT2D eigenvalue weighted by molar-refractivity contribution is 5.16. The van der Waals surface area contributed by atoms with E-state index in [1.807, 2.05) is 12.1 Å². The number of benzene rings is 1. The van der Waals surface area contributed by atoms with Crippen LogP contribution >= 0.6 is 0 Å². The molecule has 1 unspecified atom stereocenters. The highest BCUT2D eigenvalue weighted by Gasteiger charge is 2.21. The Kier molecular flexibility index (Phi) is 5.14. The van der Waals surface area contributed by atoms with Gasteiger partial charge in [-0.2, -0.15) is 0 Å². The molecule has 18 heavy (non-hydrogen) atoms. The van der Waals surface area contributed by atoms with Gasteiger partial charge in [0.15, 0.2) is 0 Å². The van der Waals surface area contributed by atoms with Gasteiger partial charge in [-0.3, -0.25) is 4.90 Å². The zero-order valence-electron chi connectivity index (χ0n) is 10.7. The minimum Gasteiger partial charge on any atom is -0.390 e. The van der Waals surface area contributed by atoms with Crippen molar-refractivity contribution in [2.75, 3.05) is 13.1 Å². The van der Waals surface area contributed by atoms with E-state index in [0.717, 1.165) is 25.9 Å². The molecular formula is C15H21FNO. The first-order valence-electron chi connectivity index (χ1n) is 6.74. The van der Waals surface area contributed by atoms with Crippen LogP contribution in [0.25, 0.3) is 0 Å². The summed E-state index contributed by atoms with van der Waals surface area (Å²) in [7, 11) is 0. The summed E-state index contributed by atoms with van der Waals surface area (Å²) >= 11 is 0. The van der Waals surface area contributed by atoms with E-state index in [0.29, 0.717) is 6.04 Å². The number of piperidine rings is 1. The Morgan fingerprint density at radius 2 is 2.06 bits per heavy atom. The summed E-state index contributed by atoms with van der Waals surface area (Å²) in [5.74, 6) is -0.176. The van der Waals surface area contributed by atoms with Gasteiger partial charge < -0.3 is 5.11 Å². The van der Waals surface area contributed by atoms with Gasteiger partial charge in [0.05, 0.1) is 6.61 Å². The molecule has 99 valence electrons. The highest BCUT2D eigenvalue weighted by atomic mass is 19.1. The maximum atomic E-state index is 12.8. The van der Waals surface area contributed by atoms with Crippen molar-refractivity contribution < 1.29 is 9.50 Å². The number of hydrogen-bond acceptors (Lipinski definition) is 2. The highest BCUT2D eigenvalue weighted by Crippen LogP contribution is 2.20. The normalized spacial score (nSPS) is 21.1. The predicted octanol–water partition coefficient (Wildman–Crippen LogP) is 3.15. The molecule has 1 aromatic rings.